The largest absolute Gasteiger partial charge is 0.419 e. The van der Waals surface area contributed by atoms with Crippen molar-refractivity contribution in [2.24, 2.45) is 0 Å². The van der Waals surface area contributed by atoms with Crippen molar-refractivity contribution in [3.05, 3.63) is 21.8 Å². The molecule has 0 radical (unpaired) electrons. The fourth-order valence-electron chi connectivity index (χ4n) is 0.846. The van der Waals surface area contributed by atoms with E-state index in [2.05, 4.69) is 26.1 Å². The van der Waals surface area contributed by atoms with Gasteiger partial charge in [-0.15, -0.1) is 33.1 Å². The predicted molar refractivity (Wildman–Crippen MR) is 54.9 cm³/mol. The van der Waals surface area contributed by atoms with Gasteiger partial charge in [-0.25, -0.2) is 0 Å². The van der Waals surface area contributed by atoms with Crippen LogP contribution in [0.4, 0.5) is 0 Å². The van der Waals surface area contributed by atoms with E-state index in [1.54, 1.807) is 11.3 Å². The topological polar surface area (TPSA) is 38.9 Å². The number of rotatable bonds is 2. The maximum Gasteiger partial charge on any atom is 0.258 e. The van der Waals surface area contributed by atoms with Gasteiger partial charge in [-0.1, -0.05) is 0 Å². The fraction of sp³-hybridized carbons (Fsp3) is 0.143. The summed E-state index contributed by atoms with van der Waals surface area (Å²) in [7, 11) is 0. The van der Waals surface area contributed by atoms with Gasteiger partial charge in [0.25, 0.3) is 5.89 Å². The minimum absolute atomic E-state index is 0.246. The number of aromatic nitrogens is 2. The van der Waals surface area contributed by atoms with Crippen molar-refractivity contribution in [1.29, 1.82) is 0 Å². The quantitative estimate of drug-likeness (QED) is 0.792. The number of thiophene rings is 1. The molecule has 2 aromatic heterocycles. The van der Waals surface area contributed by atoms with Gasteiger partial charge >= 0.3 is 0 Å². The van der Waals surface area contributed by atoms with Crippen molar-refractivity contribution in [2.75, 3.05) is 0 Å². The van der Waals surface area contributed by atoms with Crippen LogP contribution in [0.2, 0.25) is 0 Å². The maximum atomic E-state index is 5.54. The summed E-state index contributed by atoms with van der Waals surface area (Å²) in [6.07, 6.45) is 0. The lowest BCUT2D eigenvalue weighted by molar-refractivity contribution is 0.528. The number of halogens is 2. The van der Waals surface area contributed by atoms with Crippen LogP contribution < -0.4 is 0 Å². The average molecular weight is 280 g/mol. The number of alkyl halides is 1. The molecule has 2 aromatic rings. The highest BCUT2D eigenvalue weighted by Crippen LogP contribution is 2.32. The molecular weight excluding hydrogens is 276 g/mol. The molecule has 2 rings (SSSR count). The molecule has 6 heteroatoms. The molecule has 0 fully saturated rings. The third kappa shape index (κ3) is 1.77. The average Bonchev–Trinajstić information content (AvgIpc) is 2.71. The standard InChI is InChI=1S/C7H4BrClN2OS/c8-4-1-2-13-6(4)7-11-10-5(3-9)12-7/h1-2H,3H2. The molecule has 0 aliphatic carbocycles. The molecule has 0 saturated heterocycles. The van der Waals surface area contributed by atoms with Crippen LogP contribution in [0.3, 0.4) is 0 Å². The van der Waals surface area contributed by atoms with Gasteiger partial charge in [-0.2, -0.15) is 0 Å². The summed E-state index contributed by atoms with van der Waals surface area (Å²) in [5.41, 5.74) is 0. The van der Waals surface area contributed by atoms with Gasteiger partial charge < -0.3 is 4.42 Å². The summed E-state index contributed by atoms with van der Waals surface area (Å²) < 4.78 is 6.24. The van der Waals surface area contributed by atoms with E-state index >= 15 is 0 Å². The fourth-order valence-corrected chi connectivity index (χ4v) is 2.41. The first-order valence-corrected chi connectivity index (χ1v) is 5.63. The smallest absolute Gasteiger partial charge is 0.258 e. The minimum Gasteiger partial charge on any atom is -0.419 e. The Balaban J connectivity index is 2.41. The van der Waals surface area contributed by atoms with Gasteiger partial charge in [0.15, 0.2) is 0 Å². The van der Waals surface area contributed by atoms with Gasteiger partial charge in [0.2, 0.25) is 5.89 Å². The van der Waals surface area contributed by atoms with Crippen molar-refractivity contribution < 1.29 is 4.42 Å². The first-order valence-electron chi connectivity index (χ1n) is 3.43. The van der Waals surface area contributed by atoms with Crippen LogP contribution in [-0.4, -0.2) is 10.2 Å². The molecule has 0 amide bonds. The molecule has 0 aromatic carbocycles. The summed E-state index contributed by atoms with van der Waals surface area (Å²) in [4.78, 5) is 0.934. The van der Waals surface area contributed by atoms with Gasteiger partial charge in [0.05, 0.1) is 0 Å². The minimum atomic E-state index is 0.246. The van der Waals surface area contributed by atoms with Crippen LogP contribution in [0.25, 0.3) is 10.8 Å². The van der Waals surface area contributed by atoms with E-state index < -0.39 is 0 Å². The Kier molecular flexibility index (Phi) is 2.66. The van der Waals surface area contributed by atoms with E-state index in [1.807, 2.05) is 11.4 Å². The maximum absolute atomic E-state index is 5.54. The molecular formula is C7H4BrClN2OS. The number of nitrogens with zero attached hydrogens (tertiary/aromatic N) is 2. The molecule has 13 heavy (non-hydrogen) atoms. The van der Waals surface area contributed by atoms with Crippen LogP contribution >= 0.6 is 38.9 Å². The summed E-state index contributed by atoms with van der Waals surface area (Å²) in [5.74, 6) is 1.20. The second-order valence-electron chi connectivity index (χ2n) is 2.23. The first-order chi connectivity index (χ1) is 6.31. The highest BCUT2D eigenvalue weighted by atomic mass is 79.9. The van der Waals surface area contributed by atoms with Crippen molar-refractivity contribution in [2.45, 2.75) is 5.88 Å². The molecule has 2 heterocycles. The summed E-state index contributed by atoms with van der Waals surface area (Å²) in [6, 6.07) is 1.94. The van der Waals surface area contributed by atoms with Gasteiger partial charge in [-0.05, 0) is 27.4 Å². The Bertz CT molecular complexity index is 414. The van der Waals surface area contributed by atoms with E-state index in [0.29, 0.717) is 11.8 Å². The highest BCUT2D eigenvalue weighted by molar-refractivity contribution is 9.10. The molecule has 0 aliphatic heterocycles. The van der Waals surface area contributed by atoms with Gasteiger partial charge in [-0.3, -0.25) is 0 Å². The SMILES string of the molecule is ClCc1nnc(-c2sccc2Br)o1. The van der Waals surface area contributed by atoms with Crippen molar-refractivity contribution in [3.8, 4) is 10.8 Å². The predicted octanol–water partition coefficient (Wildman–Crippen LogP) is 3.30. The molecule has 0 unspecified atom stereocenters. The second-order valence-corrected chi connectivity index (χ2v) is 4.27. The Hall–Kier alpha value is -0.390. The van der Waals surface area contributed by atoms with Crippen molar-refractivity contribution >= 4 is 38.9 Å². The lowest BCUT2D eigenvalue weighted by Crippen LogP contribution is -1.74. The van der Waals surface area contributed by atoms with E-state index in [9.17, 15) is 0 Å². The third-order valence-electron chi connectivity index (χ3n) is 1.39. The zero-order valence-electron chi connectivity index (χ0n) is 6.33. The Morgan fingerprint density at radius 2 is 2.38 bits per heavy atom. The van der Waals surface area contributed by atoms with Crippen LogP contribution in [-0.2, 0) is 5.88 Å². The van der Waals surface area contributed by atoms with Crippen LogP contribution in [0.15, 0.2) is 20.3 Å². The summed E-state index contributed by atoms with van der Waals surface area (Å²) in [5, 5.41) is 9.59. The Labute approximate surface area is 91.9 Å². The zero-order valence-corrected chi connectivity index (χ0v) is 9.49. The molecule has 0 spiro atoms. The molecule has 0 saturated carbocycles. The zero-order chi connectivity index (χ0) is 9.26. The number of hydrogen-bond donors (Lipinski definition) is 0. The van der Waals surface area contributed by atoms with Crippen molar-refractivity contribution in [1.82, 2.24) is 10.2 Å². The van der Waals surface area contributed by atoms with Gasteiger partial charge in [0.1, 0.15) is 10.8 Å². The van der Waals surface area contributed by atoms with E-state index in [4.69, 9.17) is 16.0 Å². The highest BCUT2D eigenvalue weighted by Gasteiger charge is 2.11. The second kappa shape index (κ2) is 3.77. The van der Waals surface area contributed by atoms with E-state index in [1.165, 1.54) is 0 Å². The Morgan fingerprint density at radius 3 is 2.92 bits per heavy atom. The monoisotopic (exact) mass is 278 g/mol. The van der Waals surface area contributed by atoms with Crippen molar-refractivity contribution in [3.63, 3.8) is 0 Å². The van der Waals surface area contributed by atoms with Crippen LogP contribution in [0.1, 0.15) is 5.89 Å². The van der Waals surface area contributed by atoms with Crippen LogP contribution in [0.5, 0.6) is 0 Å². The summed E-state index contributed by atoms with van der Waals surface area (Å²) in [6.45, 7) is 0. The lowest BCUT2D eigenvalue weighted by Gasteiger charge is -1.87. The molecule has 0 atom stereocenters. The van der Waals surface area contributed by atoms with E-state index in [0.717, 1.165) is 9.35 Å². The van der Waals surface area contributed by atoms with E-state index in [-0.39, 0.29) is 5.88 Å². The normalized spacial score (nSPS) is 10.6. The van der Waals surface area contributed by atoms with Crippen LogP contribution in [0, 0.1) is 0 Å². The molecule has 68 valence electrons. The first kappa shape index (κ1) is 9.18. The Morgan fingerprint density at radius 1 is 1.54 bits per heavy atom. The molecule has 3 nitrogen and oxygen atoms in total. The molecule has 0 bridgehead atoms. The van der Waals surface area contributed by atoms with Gasteiger partial charge in [0, 0.05) is 4.47 Å². The molecule has 0 aliphatic rings. The third-order valence-corrected chi connectivity index (χ3v) is 3.45. The molecule has 0 N–H and O–H groups in total. The lowest BCUT2D eigenvalue weighted by atomic mass is 10.5. The number of hydrogen-bond acceptors (Lipinski definition) is 4. The summed E-state index contributed by atoms with van der Waals surface area (Å²) >= 11 is 10.5.